The lowest BCUT2D eigenvalue weighted by Crippen LogP contribution is -1.97. The summed E-state index contributed by atoms with van der Waals surface area (Å²) in [7, 11) is 0. The van der Waals surface area contributed by atoms with Crippen LogP contribution in [0, 0.1) is 0 Å². The highest BCUT2D eigenvalue weighted by molar-refractivity contribution is 5.80. The molecule has 3 aromatic carbocycles. The van der Waals surface area contributed by atoms with Crippen LogP contribution in [0.2, 0.25) is 0 Å². The van der Waals surface area contributed by atoms with Gasteiger partial charge in [0.2, 0.25) is 0 Å². The van der Waals surface area contributed by atoms with E-state index >= 15 is 0 Å². The first-order chi connectivity index (χ1) is 10.7. The molecule has 0 spiro atoms. The van der Waals surface area contributed by atoms with Gasteiger partial charge in [-0.15, -0.1) is 0 Å². The third kappa shape index (κ3) is 3.01. The topological polar surface area (TPSA) is 32.3 Å². The van der Waals surface area contributed by atoms with Gasteiger partial charge in [0.15, 0.2) is 0 Å². The summed E-state index contributed by atoms with van der Waals surface area (Å²) in [6.45, 7) is 4.01. The van der Waals surface area contributed by atoms with Crippen molar-refractivity contribution in [3.8, 4) is 16.9 Å². The molecule has 2 nitrogen and oxygen atoms in total. The van der Waals surface area contributed by atoms with Crippen molar-refractivity contribution in [3.63, 3.8) is 0 Å². The van der Waals surface area contributed by atoms with Crippen molar-refractivity contribution in [1.29, 1.82) is 0 Å². The van der Waals surface area contributed by atoms with Gasteiger partial charge in [0.05, 0.1) is 0 Å². The number of hydrogen-bond donors (Lipinski definition) is 2. The van der Waals surface area contributed by atoms with Crippen molar-refractivity contribution in [2.75, 3.05) is 5.32 Å². The maximum atomic E-state index is 9.89. The van der Waals surface area contributed by atoms with E-state index in [1.165, 1.54) is 5.56 Å². The Morgan fingerprint density at radius 3 is 2.23 bits per heavy atom. The number of anilines is 1. The summed E-state index contributed by atoms with van der Waals surface area (Å²) in [5.74, 6) is 0.221. The predicted octanol–water partition coefficient (Wildman–Crippen LogP) is 5.14. The molecule has 0 aliphatic heterocycles. The molecule has 0 amide bonds. The largest absolute Gasteiger partial charge is 0.507 e. The fourth-order valence-corrected chi connectivity index (χ4v) is 2.38. The average molecular weight is 287 g/mol. The quantitative estimate of drug-likeness (QED) is 0.696. The van der Waals surface area contributed by atoms with Gasteiger partial charge in [0, 0.05) is 16.9 Å². The van der Waals surface area contributed by atoms with E-state index < -0.39 is 0 Å². The van der Waals surface area contributed by atoms with E-state index in [9.17, 15) is 5.11 Å². The predicted molar refractivity (Wildman–Crippen MR) is 92.6 cm³/mol. The molecule has 0 heterocycles. The highest BCUT2D eigenvalue weighted by Crippen LogP contribution is 2.27. The molecule has 0 aromatic heterocycles. The molecule has 0 saturated heterocycles. The molecule has 0 aliphatic carbocycles. The monoisotopic (exact) mass is 287 g/mol. The number of para-hydroxylation sites is 1. The smallest absolute Gasteiger partial charge is 0.124 e. The van der Waals surface area contributed by atoms with E-state index in [1.54, 1.807) is 12.1 Å². The first kappa shape index (κ1) is 14.0. The Morgan fingerprint density at radius 2 is 1.45 bits per heavy atom. The normalized spacial score (nSPS) is 10.2. The van der Waals surface area contributed by atoms with E-state index in [0.717, 1.165) is 11.3 Å². The minimum Gasteiger partial charge on any atom is -0.507 e. The van der Waals surface area contributed by atoms with E-state index in [2.05, 4.69) is 36.2 Å². The maximum absolute atomic E-state index is 9.89. The van der Waals surface area contributed by atoms with Crippen molar-refractivity contribution < 1.29 is 5.11 Å². The summed E-state index contributed by atoms with van der Waals surface area (Å²) in [4.78, 5) is 0. The summed E-state index contributed by atoms with van der Waals surface area (Å²) in [6.07, 6.45) is 0. The summed E-state index contributed by atoms with van der Waals surface area (Å²) in [5, 5.41) is 13.1. The summed E-state index contributed by atoms with van der Waals surface area (Å²) in [5.41, 5.74) is 4.61. The zero-order valence-corrected chi connectivity index (χ0v) is 12.2. The van der Waals surface area contributed by atoms with Crippen molar-refractivity contribution >= 4 is 11.4 Å². The van der Waals surface area contributed by atoms with Crippen molar-refractivity contribution in [3.05, 3.63) is 91.0 Å². The number of benzene rings is 3. The van der Waals surface area contributed by atoms with Crippen LogP contribution in [0.25, 0.3) is 16.8 Å². The van der Waals surface area contributed by atoms with Gasteiger partial charge in [-0.1, -0.05) is 61.2 Å². The van der Waals surface area contributed by atoms with Gasteiger partial charge in [0.1, 0.15) is 5.75 Å². The van der Waals surface area contributed by atoms with Gasteiger partial charge in [-0.3, -0.25) is 0 Å². The Hall–Kier alpha value is -3.00. The number of nitrogens with one attached hydrogen (secondary N) is 1. The fourth-order valence-electron chi connectivity index (χ4n) is 2.38. The van der Waals surface area contributed by atoms with Gasteiger partial charge in [-0.05, 0) is 35.4 Å². The molecule has 2 N–H and O–H groups in total. The molecule has 3 aromatic rings. The molecule has 108 valence electrons. The molecule has 22 heavy (non-hydrogen) atoms. The molecule has 0 unspecified atom stereocenters. The Morgan fingerprint density at radius 1 is 0.773 bits per heavy atom. The van der Waals surface area contributed by atoms with Crippen LogP contribution in [-0.2, 0) is 0 Å². The Kier molecular flexibility index (Phi) is 3.92. The number of phenolic OH excluding ortho intramolecular Hbond substituents is 1. The summed E-state index contributed by atoms with van der Waals surface area (Å²) < 4.78 is 0. The van der Waals surface area contributed by atoms with Gasteiger partial charge < -0.3 is 10.4 Å². The van der Waals surface area contributed by atoms with Crippen LogP contribution in [0.3, 0.4) is 0 Å². The fraction of sp³-hybridized carbons (Fsp3) is 0. The second-order valence-electron chi connectivity index (χ2n) is 5.07. The zero-order chi connectivity index (χ0) is 15.4. The van der Waals surface area contributed by atoms with Crippen LogP contribution in [0.15, 0.2) is 85.4 Å². The summed E-state index contributed by atoms with van der Waals surface area (Å²) >= 11 is 0. The first-order valence-corrected chi connectivity index (χ1v) is 7.14. The van der Waals surface area contributed by atoms with Gasteiger partial charge in [-0.25, -0.2) is 0 Å². The maximum Gasteiger partial charge on any atom is 0.124 e. The van der Waals surface area contributed by atoms with Crippen molar-refractivity contribution in [1.82, 2.24) is 0 Å². The van der Waals surface area contributed by atoms with Gasteiger partial charge in [-0.2, -0.15) is 0 Å². The van der Waals surface area contributed by atoms with Crippen LogP contribution in [-0.4, -0.2) is 5.11 Å². The number of rotatable bonds is 4. The number of phenols is 1. The minimum atomic E-state index is 0.221. The lowest BCUT2D eigenvalue weighted by Gasteiger charge is -2.12. The zero-order valence-electron chi connectivity index (χ0n) is 12.2. The molecule has 2 heteroatoms. The van der Waals surface area contributed by atoms with E-state index in [0.29, 0.717) is 11.3 Å². The van der Waals surface area contributed by atoms with Crippen LogP contribution in [0.5, 0.6) is 5.75 Å². The molecule has 0 fully saturated rings. The molecule has 0 radical (unpaired) electrons. The molecule has 0 saturated carbocycles. The SMILES string of the molecule is C=C(Nc1cccc(-c2ccccc2)c1)c1ccccc1O. The Labute approximate surface area is 130 Å². The molecule has 0 atom stereocenters. The van der Waals surface area contributed by atoms with Crippen LogP contribution in [0.4, 0.5) is 5.69 Å². The van der Waals surface area contributed by atoms with E-state index in [1.807, 2.05) is 42.5 Å². The van der Waals surface area contributed by atoms with Crippen molar-refractivity contribution in [2.45, 2.75) is 0 Å². The Balaban J connectivity index is 1.85. The van der Waals surface area contributed by atoms with E-state index in [-0.39, 0.29) is 5.75 Å². The van der Waals surface area contributed by atoms with Gasteiger partial charge in [0.25, 0.3) is 0 Å². The number of hydrogen-bond acceptors (Lipinski definition) is 2. The molecule has 3 rings (SSSR count). The van der Waals surface area contributed by atoms with Crippen LogP contribution in [0.1, 0.15) is 5.56 Å². The lowest BCUT2D eigenvalue weighted by atomic mass is 10.0. The molecular weight excluding hydrogens is 270 g/mol. The molecular formula is C20H17NO. The van der Waals surface area contributed by atoms with E-state index in [4.69, 9.17) is 0 Å². The minimum absolute atomic E-state index is 0.221. The van der Waals surface area contributed by atoms with Crippen LogP contribution < -0.4 is 5.32 Å². The highest BCUT2D eigenvalue weighted by Gasteiger charge is 2.05. The highest BCUT2D eigenvalue weighted by atomic mass is 16.3. The Bertz CT molecular complexity index is 794. The van der Waals surface area contributed by atoms with Gasteiger partial charge >= 0.3 is 0 Å². The molecule has 0 bridgehead atoms. The van der Waals surface area contributed by atoms with Crippen LogP contribution >= 0.6 is 0 Å². The molecule has 0 aliphatic rings. The lowest BCUT2D eigenvalue weighted by molar-refractivity contribution is 0.473. The second-order valence-corrected chi connectivity index (χ2v) is 5.07. The third-order valence-electron chi connectivity index (χ3n) is 3.49. The summed E-state index contributed by atoms with van der Waals surface area (Å²) in [6, 6.07) is 25.5. The average Bonchev–Trinajstić information content (AvgIpc) is 2.56. The second kappa shape index (κ2) is 6.19. The number of aromatic hydroxyl groups is 1. The standard InChI is InChI=1S/C20H17NO/c1-15(19-12-5-6-13-20(19)22)21-18-11-7-10-17(14-18)16-8-3-2-4-9-16/h2-14,21-22H,1H2. The van der Waals surface area contributed by atoms with Crippen molar-refractivity contribution in [2.24, 2.45) is 0 Å². The third-order valence-corrected chi connectivity index (χ3v) is 3.49. The first-order valence-electron chi connectivity index (χ1n) is 7.14.